The van der Waals surface area contributed by atoms with Crippen LogP contribution in [0.15, 0.2) is 29.4 Å². The second-order valence-corrected chi connectivity index (χ2v) is 8.35. The molecule has 0 N–H and O–H groups in total. The standard InChI is InChI=1S/C21H27ClN2O3/c1-3-26-19(25)17-7-6-12-21(24-13-4-5-14-24)20(17,2)18(23-27-21)15-8-10-16(22)11-9-15/h8-11,17H,3-7,12-14H2,1-2H3. The van der Waals surface area contributed by atoms with Gasteiger partial charge in [0.2, 0.25) is 5.72 Å². The van der Waals surface area contributed by atoms with Crippen molar-refractivity contribution in [2.45, 2.75) is 51.7 Å². The van der Waals surface area contributed by atoms with Crippen LogP contribution in [0.4, 0.5) is 0 Å². The Morgan fingerprint density at radius 3 is 2.67 bits per heavy atom. The van der Waals surface area contributed by atoms with Gasteiger partial charge in [-0.3, -0.25) is 9.69 Å². The Kier molecular flexibility index (Phi) is 4.93. The van der Waals surface area contributed by atoms with Gasteiger partial charge in [-0.15, -0.1) is 0 Å². The van der Waals surface area contributed by atoms with Gasteiger partial charge in [0.1, 0.15) is 0 Å². The zero-order valence-electron chi connectivity index (χ0n) is 16.0. The maximum atomic E-state index is 13.0. The van der Waals surface area contributed by atoms with Crippen LogP contribution in [-0.2, 0) is 14.4 Å². The Labute approximate surface area is 165 Å². The molecule has 2 fully saturated rings. The minimum Gasteiger partial charge on any atom is -0.466 e. The highest BCUT2D eigenvalue weighted by atomic mass is 35.5. The quantitative estimate of drug-likeness (QED) is 0.721. The first-order chi connectivity index (χ1) is 13.0. The number of halogens is 1. The van der Waals surface area contributed by atoms with Crippen LogP contribution in [0.1, 0.15) is 51.5 Å². The predicted molar refractivity (Wildman–Crippen MR) is 105 cm³/mol. The third-order valence-corrected chi connectivity index (χ3v) is 6.85. The van der Waals surface area contributed by atoms with Gasteiger partial charge in [-0.05, 0) is 51.7 Å². The van der Waals surface area contributed by atoms with Crippen molar-refractivity contribution in [1.29, 1.82) is 0 Å². The smallest absolute Gasteiger partial charge is 0.310 e. The van der Waals surface area contributed by atoms with Gasteiger partial charge in [-0.25, -0.2) is 0 Å². The van der Waals surface area contributed by atoms with E-state index in [2.05, 4.69) is 17.0 Å². The van der Waals surface area contributed by atoms with Crippen LogP contribution in [0.25, 0.3) is 0 Å². The van der Waals surface area contributed by atoms with E-state index in [1.54, 1.807) is 0 Å². The summed E-state index contributed by atoms with van der Waals surface area (Å²) in [6.07, 6.45) is 4.91. The third-order valence-electron chi connectivity index (χ3n) is 6.60. The molecule has 5 nitrogen and oxygen atoms in total. The predicted octanol–water partition coefficient (Wildman–Crippen LogP) is 4.24. The fourth-order valence-corrected chi connectivity index (χ4v) is 5.38. The van der Waals surface area contributed by atoms with E-state index in [4.69, 9.17) is 21.2 Å². The number of esters is 1. The van der Waals surface area contributed by atoms with Crippen LogP contribution in [0.2, 0.25) is 5.02 Å². The molecule has 4 rings (SSSR count). The molecule has 3 atom stereocenters. The second kappa shape index (κ2) is 7.10. The molecule has 0 aromatic heterocycles. The number of nitrogens with zero attached hydrogens (tertiary/aromatic N) is 2. The summed E-state index contributed by atoms with van der Waals surface area (Å²) >= 11 is 6.09. The average Bonchev–Trinajstić information content (AvgIpc) is 3.29. The van der Waals surface area contributed by atoms with Gasteiger partial charge in [-0.2, -0.15) is 0 Å². The van der Waals surface area contributed by atoms with Crippen molar-refractivity contribution in [3.63, 3.8) is 0 Å². The number of rotatable bonds is 4. The number of fused-ring (bicyclic) bond motifs is 1. The molecule has 1 saturated carbocycles. The topological polar surface area (TPSA) is 51.1 Å². The van der Waals surface area contributed by atoms with E-state index in [1.807, 2.05) is 31.2 Å². The van der Waals surface area contributed by atoms with Crippen molar-refractivity contribution in [3.8, 4) is 0 Å². The van der Waals surface area contributed by atoms with E-state index in [0.29, 0.717) is 11.6 Å². The lowest BCUT2D eigenvalue weighted by atomic mass is 9.58. The summed E-state index contributed by atoms with van der Waals surface area (Å²) in [7, 11) is 0. The Balaban J connectivity index is 1.81. The van der Waals surface area contributed by atoms with Crippen LogP contribution in [0.5, 0.6) is 0 Å². The molecule has 0 bridgehead atoms. The SMILES string of the molecule is CCOC(=O)C1CCCC2(N3CCCC3)ON=C(c3ccc(Cl)cc3)C12C. The fraction of sp³-hybridized carbons (Fsp3) is 0.619. The molecule has 6 heteroatoms. The Hall–Kier alpha value is -1.59. The van der Waals surface area contributed by atoms with Crippen molar-refractivity contribution in [2.75, 3.05) is 19.7 Å². The van der Waals surface area contributed by atoms with Crippen LogP contribution >= 0.6 is 11.6 Å². The van der Waals surface area contributed by atoms with Crippen LogP contribution in [0, 0.1) is 11.3 Å². The van der Waals surface area contributed by atoms with Crippen molar-refractivity contribution >= 4 is 23.3 Å². The molecular weight excluding hydrogens is 364 g/mol. The number of oxime groups is 1. The Morgan fingerprint density at radius 1 is 1.30 bits per heavy atom. The van der Waals surface area contributed by atoms with Crippen LogP contribution < -0.4 is 0 Å². The number of hydrogen-bond donors (Lipinski definition) is 0. The molecule has 3 unspecified atom stereocenters. The maximum Gasteiger partial charge on any atom is 0.310 e. The van der Waals surface area contributed by atoms with Gasteiger partial charge in [0.25, 0.3) is 0 Å². The Morgan fingerprint density at radius 2 is 2.00 bits per heavy atom. The first-order valence-corrected chi connectivity index (χ1v) is 10.3. The summed E-state index contributed by atoms with van der Waals surface area (Å²) in [5.74, 6) is -0.417. The molecule has 0 spiro atoms. The molecule has 1 saturated heterocycles. The normalized spacial score (nSPS) is 33.3. The zero-order valence-corrected chi connectivity index (χ0v) is 16.8. The van der Waals surface area contributed by atoms with Crippen LogP contribution in [-0.4, -0.2) is 42.0 Å². The number of benzene rings is 1. The molecule has 27 heavy (non-hydrogen) atoms. The van der Waals surface area contributed by atoms with Gasteiger partial charge in [0.05, 0.1) is 23.7 Å². The minimum absolute atomic E-state index is 0.143. The number of hydrogen-bond acceptors (Lipinski definition) is 5. The average molecular weight is 391 g/mol. The van der Waals surface area contributed by atoms with Crippen molar-refractivity contribution in [3.05, 3.63) is 34.9 Å². The van der Waals surface area contributed by atoms with E-state index < -0.39 is 11.1 Å². The molecule has 2 aliphatic heterocycles. The number of ether oxygens (including phenoxy) is 1. The van der Waals surface area contributed by atoms with Crippen molar-refractivity contribution in [1.82, 2.24) is 4.90 Å². The molecule has 1 aromatic carbocycles. The summed E-state index contributed by atoms with van der Waals surface area (Å²) < 4.78 is 5.48. The van der Waals surface area contributed by atoms with Gasteiger partial charge in [-0.1, -0.05) is 28.9 Å². The minimum atomic E-state index is -0.575. The first kappa shape index (κ1) is 18.8. The van der Waals surface area contributed by atoms with E-state index in [9.17, 15) is 4.79 Å². The van der Waals surface area contributed by atoms with Gasteiger partial charge in [0.15, 0.2) is 0 Å². The zero-order chi connectivity index (χ0) is 19.1. The summed E-state index contributed by atoms with van der Waals surface area (Å²) in [4.78, 5) is 21.6. The second-order valence-electron chi connectivity index (χ2n) is 7.92. The van der Waals surface area contributed by atoms with E-state index in [-0.39, 0.29) is 11.9 Å². The molecule has 3 aliphatic rings. The molecule has 0 radical (unpaired) electrons. The molecule has 1 aromatic rings. The summed E-state index contributed by atoms with van der Waals surface area (Å²) in [6.45, 7) is 6.35. The van der Waals surface area contributed by atoms with E-state index >= 15 is 0 Å². The highest BCUT2D eigenvalue weighted by molar-refractivity contribution is 6.30. The Bertz CT molecular complexity index is 744. The molecule has 1 aliphatic carbocycles. The van der Waals surface area contributed by atoms with Crippen molar-refractivity contribution in [2.24, 2.45) is 16.5 Å². The third kappa shape index (κ3) is 2.78. The molecule has 146 valence electrons. The number of carbonyl (C=O) groups excluding carboxylic acids is 1. The number of carbonyl (C=O) groups is 1. The fourth-order valence-electron chi connectivity index (χ4n) is 5.25. The molecular formula is C21H27ClN2O3. The van der Waals surface area contributed by atoms with Gasteiger partial charge >= 0.3 is 5.97 Å². The lowest BCUT2D eigenvalue weighted by Gasteiger charge is -2.52. The summed E-state index contributed by atoms with van der Waals surface area (Å²) in [6, 6.07) is 7.65. The highest BCUT2D eigenvalue weighted by Gasteiger charge is 2.68. The summed E-state index contributed by atoms with van der Waals surface area (Å²) in [5, 5.41) is 5.27. The summed E-state index contributed by atoms with van der Waals surface area (Å²) in [5.41, 5.74) is 0.659. The van der Waals surface area contributed by atoms with Crippen LogP contribution in [0.3, 0.4) is 0 Å². The maximum absolute atomic E-state index is 13.0. The largest absolute Gasteiger partial charge is 0.466 e. The monoisotopic (exact) mass is 390 g/mol. The highest BCUT2D eigenvalue weighted by Crippen LogP contribution is 2.58. The van der Waals surface area contributed by atoms with Crippen molar-refractivity contribution < 1.29 is 14.4 Å². The lowest BCUT2D eigenvalue weighted by Crippen LogP contribution is -2.65. The first-order valence-electron chi connectivity index (χ1n) is 9.97. The van der Waals surface area contributed by atoms with E-state index in [0.717, 1.165) is 56.5 Å². The van der Waals surface area contributed by atoms with Gasteiger partial charge in [0, 0.05) is 30.1 Å². The van der Waals surface area contributed by atoms with Gasteiger partial charge < -0.3 is 9.57 Å². The number of likely N-dealkylation sites (tertiary alicyclic amines) is 1. The molecule has 2 heterocycles. The lowest BCUT2D eigenvalue weighted by molar-refractivity contribution is -0.217. The molecule has 0 amide bonds. The van der Waals surface area contributed by atoms with E-state index in [1.165, 1.54) is 0 Å².